The van der Waals surface area contributed by atoms with E-state index in [2.05, 4.69) is 4.98 Å². The molecule has 0 N–H and O–H groups in total. The number of hydrogen-bond donors (Lipinski definition) is 0. The highest BCUT2D eigenvalue weighted by molar-refractivity contribution is 6.13. The lowest BCUT2D eigenvalue weighted by Crippen LogP contribution is -2.30. The third kappa shape index (κ3) is 2.10. The maximum Gasteiger partial charge on any atom is 0.227 e. The number of nitrogens with zero attached hydrogens (tertiary/aromatic N) is 2. The van der Waals surface area contributed by atoms with E-state index >= 15 is 0 Å². The number of hydrogen-bond acceptors (Lipinski definition) is 2. The minimum absolute atomic E-state index is 0.222. The number of aromatic nitrogens is 2. The van der Waals surface area contributed by atoms with Gasteiger partial charge in [0.05, 0.1) is 10.9 Å². The summed E-state index contributed by atoms with van der Waals surface area (Å²) in [7, 11) is 1.94. The summed E-state index contributed by atoms with van der Waals surface area (Å²) < 4.78 is 59.8. The maximum atomic E-state index is 8.59. The van der Waals surface area contributed by atoms with Crippen LogP contribution in [0.2, 0.25) is 0 Å². The summed E-state index contributed by atoms with van der Waals surface area (Å²) in [4.78, 5) is 4.56. The first-order valence-electron chi connectivity index (χ1n) is 12.9. The standard InChI is InChI=1S/C27H23N2O/c1-16-12-13-18-23-24-19(17-9-5-6-10-20(17)27(24,2)3)15-28-26(23)30-25(18)22(16)21-11-7-8-14-29(21)4/h5-15H,1-4H3/q+1/i2D3,3D3. The highest BCUT2D eigenvalue weighted by Gasteiger charge is 2.38. The van der Waals surface area contributed by atoms with Crippen molar-refractivity contribution in [3.63, 3.8) is 0 Å². The minimum atomic E-state index is -2.86. The van der Waals surface area contributed by atoms with Gasteiger partial charge in [-0.05, 0) is 35.2 Å². The molecular weight excluding hydrogens is 368 g/mol. The molecule has 146 valence electrons. The summed E-state index contributed by atoms with van der Waals surface area (Å²) in [6, 6.07) is 16.5. The molecule has 0 amide bonds. The molecule has 0 aliphatic heterocycles. The first kappa shape index (κ1) is 12.3. The predicted molar refractivity (Wildman–Crippen MR) is 120 cm³/mol. The van der Waals surface area contributed by atoms with Gasteiger partial charge in [-0.1, -0.05) is 50.1 Å². The van der Waals surface area contributed by atoms with Crippen molar-refractivity contribution in [2.75, 3.05) is 0 Å². The first-order valence-corrected chi connectivity index (χ1v) is 9.88. The lowest BCUT2D eigenvalue weighted by molar-refractivity contribution is -0.660. The summed E-state index contributed by atoms with van der Waals surface area (Å²) in [5.41, 5.74) is 2.88. The van der Waals surface area contributed by atoms with Crippen LogP contribution >= 0.6 is 0 Å². The SMILES string of the molecule is [2H]C([2H])([2H])C1(C([2H])([2H])[2H])c2ccccc2-c2cnc3oc4c(-c5cccc[n+]5C)c(C)ccc4c3c21. The van der Waals surface area contributed by atoms with Gasteiger partial charge in [-0.3, -0.25) is 0 Å². The fourth-order valence-electron chi connectivity index (χ4n) is 4.78. The van der Waals surface area contributed by atoms with Crippen LogP contribution in [0.3, 0.4) is 0 Å². The van der Waals surface area contributed by atoms with Crippen LogP contribution in [0.5, 0.6) is 0 Å². The van der Waals surface area contributed by atoms with Gasteiger partial charge in [0.1, 0.15) is 7.05 Å². The van der Waals surface area contributed by atoms with Crippen LogP contribution in [-0.2, 0) is 12.5 Å². The lowest BCUT2D eigenvalue weighted by atomic mass is 9.81. The Hall–Kier alpha value is -3.46. The van der Waals surface area contributed by atoms with Crippen molar-refractivity contribution < 1.29 is 17.2 Å². The van der Waals surface area contributed by atoms with E-state index in [4.69, 9.17) is 12.6 Å². The molecule has 6 rings (SSSR count). The average molecular weight is 398 g/mol. The molecule has 3 nitrogen and oxygen atoms in total. The Morgan fingerprint density at radius 2 is 1.83 bits per heavy atom. The Labute approximate surface area is 184 Å². The van der Waals surface area contributed by atoms with E-state index in [1.165, 1.54) is 0 Å². The van der Waals surface area contributed by atoms with Gasteiger partial charge in [0, 0.05) is 42.9 Å². The molecule has 0 unspecified atom stereocenters. The molecule has 2 aromatic carbocycles. The summed E-state index contributed by atoms with van der Waals surface area (Å²) in [6.45, 7) is -3.74. The largest absolute Gasteiger partial charge is 0.437 e. The van der Waals surface area contributed by atoms with E-state index < -0.39 is 19.1 Å². The topological polar surface area (TPSA) is 29.9 Å². The van der Waals surface area contributed by atoms with Gasteiger partial charge in [-0.15, -0.1) is 0 Å². The zero-order valence-electron chi connectivity index (χ0n) is 22.7. The molecule has 0 radical (unpaired) electrons. The van der Waals surface area contributed by atoms with Crippen LogP contribution in [0, 0.1) is 6.92 Å². The molecule has 5 aromatic rings. The fraction of sp³-hybridized carbons (Fsp3) is 0.185. The average Bonchev–Trinajstić information content (AvgIpc) is 3.33. The highest BCUT2D eigenvalue weighted by Crippen LogP contribution is 2.52. The van der Waals surface area contributed by atoms with Crippen molar-refractivity contribution in [2.24, 2.45) is 7.05 Å². The monoisotopic (exact) mass is 397 g/mol. The van der Waals surface area contributed by atoms with Crippen LogP contribution < -0.4 is 4.57 Å². The Morgan fingerprint density at radius 1 is 1.00 bits per heavy atom. The Kier molecular flexibility index (Phi) is 2.37. The van der Waals surface area contributed by atoms with Crippen molar-refractivity contribution >= 4 is 22.1 Å². The zero-order chi connectivity index (χ0) is 25.6. The van der Waals surface area contributed by atoms with Gasteiger partial charge < -0.3 is 4.42 Å². The summed E-state index contributed by atoms with van der Waals surface area (Å²) in [6.07, 6.45) is 3.49. The molecule has 1 aliphatic rings. The number of fused-ring (bicyclic) bond motifs is 7. The van der Waals surface area contributed by atoms with Crippen LogP contribution in [0.1, 0.15) is 38.6 Å². The van der Waals surface area contributed by atoms with Gasteiger partial charge in [0.2, 0.25) is 11.4 Å². The first-order chi connectivity index (χ1) is 17.0. The molecule has 0 atom stereocenters. The predicted octanol–water partition coefficient (Wildman–Crippen LogP) is 6.09. The molecule has 3 heteroatoms. The number of pyridine rings is 2. The second kappa shape index (κ2) is 5.79. The van der Waals surface area contributed by atoms with E-state index in [0.717, 1.165) is 16.8 Å². The molecule has 30 heavy (non-hydrogen) atoms. The Morgan fingerprint density at radius 3 is 2.67 bits per heavy atom. The normalized spacial score (nSPS) is 18.1. The number of rotatable bonds is 1. The third-order valence-corrected chi connectivity index (χ3v) is 6.19. The molecule has 0 saturated heterocycles. The van der Waals surface area contributed by atoms with Crippen LogP contribution in [0.15, 0.2) is 71.4 Å². The summed E-state index contributed by atoms with van der Waals surface area (Å²) >= 11 is 0. The van der Waals surface area contributed by atoms with Gasteiger partial charge in [-0.25, -0.2) is 9.55 Å². The van der Waals surface area contributed by atoms with E-state index in [-0.39, 0.29) is 16.8 Å². The number of furan rings is 1. The van der Waals surface area contributed by atoms with Crippen molar-refractivity contribution in [1.29, 1.82) is 0 Å². The lowest BCUT2D eigenvalue weighted by Gasteiger charge is -2.22. The highest BCUT2D eigenvalue weighted by atomic mass is 16.3. The van der Waals surface area contributed by atoms with E-state index in [0.29, 0.717) is 27.5 Å². The summed E-state index contributed by atoms with van der Waals surface area (Å²) in [5.74, 6) is 0. The second-order valence-electron chi connectivity index (χ2n) is 7.96. The summed E-state index contributed by atoms with van der Waals surface area (Å²) in [5, 5.41) is 1.08. The molecule has 1 aliphatic carbocycles. The van der Waals surface area contributed by atoms with E-state index in [9.17, 15) is 0 Å². The van der Waals surface area contributed by atoms with E-state index in [1.54, 1.807) is 30.5 Å². The molecular formula is C27H23N2O+. The number of aryl methyl sites for hydroxylation is 2. The minimum Gasteiger partial charge on any atom is -0.437 e. The van der Waals surface area contributed by atoms with Gasteiger partial charge in [0.25, 0.3) is 0 Å². The smallest absolute Gasteiger partial charge is 0.227 e. The molecule has 0 saturated carbocycles. The van der Waals surface area contributed by atoms with Crippen molar-refractivity contribution in [3.05, 3.63) is 83.7 Å². The van der Waals surface area contributed by atoms with Crippen LogP contribution in [-0.4, -0.2) is 4.98 Å². The van der Waals surface area contributed by atoms with E-state index in [1.807, 2.05) is 55.1 Å². The number of benzene rings is 2. The molecule has 3 heterocycles. The molecule has 3 aromatic heterocycles. The Bertz CT molecular complexity index is 1680. The molecule has 0 bridgehead atoms. The third-order valence-electron chi connectivity index (χ3n) is 6.19. The van der Waals surface area contributed by atoms with Gasteiger partial charge in [-0.2, -0.15) is 0 Å². The molecule has 0 spiro atoms. The Balaban J connectivity index is 1.84. The van der Waals surface area contributed by atoms with Crippen molar-refractivity contribution in [3.8, 4) is 22.4 Å². The maximum absolute atomic E-state index is 8.59. The van der Waals surface area contributed by atoms with Crippen molar-refractivity contribution in [2.45, 2.75) is 26.0 Å². The van der Waals surface area contributed by atoms with Gasteiger partial charge in [0.15, 0.2) is 11.8 Å². The van der Waals surface area contributed by atoms with Crippen molar-refractivity contribution in [1.82, 2.24) is 4.98 Å². The zero-order valence-corrected chi connectivity index (χ0v) is 16.7. The van der Waals surface area contributed by atoms with Crippen LogP contribution in [0.25, 0.3) is 44.5 Å². The fourth-order valence-corrected chi connectivity index (χ4v) is 4.78. The quantitative estimate of drug-likeness (QED) is 0.321. The second-order valence-corrected chi connectivity index (χ2v) is 7.96. The van der Waals surface area contributed by atoms with Gasteiger partial charge >= 0.3 is 0 Å². The molecule has 0 fully saturated rings. The van der Waals surface area contributed by atoms with Crippen LogP contribution in [0.4, 0.5) is 0 Å².